The zero-order chi connectivity index (χ0) is 13.2. The smallest absolute Gasteiger partial charge is 0.237 e. The SMILES string of the molecule is NC(=O)C1CNCCN1S(=O)(=O)CC1CCCO1. The summed E-state index contributed by atoms with van der Waals surface area (Å²) in [6, 6.07) is -0.787. The second-order valence-corrected chi connectivity index (χ2v) is 6.61. The fourth-order valence-electron chi connectivity index (χ4n) is 2.37. The number of primary amides is 1. The largest absolute Gasteiger partial charge is 0.377 e. The third-order valence-corrected chi connectivity index (χ3v) is 5.25. The van der Waals surface area contributed by atoms with Crippen molar-refractivity contribution in [2.24, 2.45) is 5.73 Å². The van der Waals surface area contributed by atoms with Gasteiger partial charge in [0.2, 0.25) is 15.9 Å². The number of nitrogens with zero attached hydrogens (tertiary/aromatic N) is 1. The predicted molar refractivity (Wildman–Crippen MR) is 65.3 cm³/mol. The van der Waals surface area contributed by atoms with Gasteiger partial charge in [0.15, 0.2) is 0 Å². The predicted octanol–water partition coefficient (Wildman–Crippen LogP) is -1.75. The fourth-order valence-corrected chi connectivity index (χ4v) is 4.23. The van der Waals surface area contributed by atoms with E-state index in [0.29, 0.717) is 13.2 Å². The first kappa shape index (κ1) is 13.7. The number of ether oxygens (including phenoxy) is 1. The van der Waals surface area contributed by atoms with Gasteiger partial charge < -0.3 is 15.8 Å². The number of piperazine rings is 1. The Bertz CT molecular complexity index is 405. The van der Waals surface area contributed by atoms with Crippen LogP contribution in [-0.4, -0.2) is 62.8 Å². The Balaban J connectivity index is 2.08. The average molecular weight is 277 g/mol. The van der Waals surface area contributed by atoms with Gasteiger partial charge in [-0.2, -0.15) is 4.31 Å². The van der Waals surface area contributed by atoms with Crippen LogP contribution in [0.5, 0.6) is 0 Å². The lowest BCUT2D eigenvalue weighted by Crippen LogP contribution is -2.59. The number of amides is 1. The third kappa shape index (κ3) is 3.00. The van der Waals surface area contributed by atoms with Gasteiger partial charge >= 0.3 is 0 Å². The van der Waals surface area contributed by atoms with E-state index < -0.39 is 22.0 Å². The van der Waals surface area contributed by atoms with Crippen LogP contribution in [0.3, 0.4) is 0 Å². The number of sulfonamides is 1. The number of nitrogens with two attached hydrogens (primary N) is 1. The minimum atomic E-state index is -3.49. The Morgan fingerprint density at radius 1 is 1.50 bits per heavy atom. The molecular weight excluding hydrogens is 258 g/mol. The Hall–Kier alpha value is -0.700. The van der Waals surface area contributed by atoms with Crippen LogP contribution in [0.15, 0.2) is 0 Å². The standard InChI is InChI=1S/C10H19N3O4S/c11-10(14)9-6-12-3-4-13(9)18(15,16)7-8-2-1-5-17-8/h8-9,12H,1-7H2,(H2,11,14). The normalized spacial score (nSPS) is 30.4. The van der Waals surface area contributed by atoms with Gasteiger partial charge in [0.1, 0.15) is 6.04 Å². The Kier molecular flexibility index (Phi) is 4.21. The zero-order valence-electron chi connectivity index (χ0n) is 10.2. The number of hydrogen-bond acceptors (Lipinski definition) is 5. The Labute approximate surface area is 107 Å². The van der Waals surface area contributed by atoms with Crippen molar-refractivity contribution in [3.63, 3.8) is 0 Å². The van der Waals surface area contributed by atoms with Gasteiger partial charge in [-0.25, -0.2) is 8.42 Å². The first-order chi connectivity index (χ1) is 8.50. The summed E-state index contributed by atoms with van der Waals surface area (Å²) in [4.78, 5) is 11.3. The molecule has 2 fully saturated rings. The van der Waals surface area contributed by atoms with Crippen LogP contribution < -0.4 is 11.1 Å². The molecule has 2 aliphatic heterocycles. The minimum absolute atomic E-state index is 0.0587. The number of hydrogen-bond donors (Lipinski definition) is 2. The fraction of sp³-hybridized carbons (Fsp3) is 0.900. The lowest BCUT2D eigenvalue weighted by atomic mass is 10.2. The third-order valence-electron chi connectivity index (χ3n) is 3.30. The van der Waals surface area contributed by atoms with Crippen molar-refractivity contribution < 1.29 is 17.9 Å². The summed E-state index contributed by atoms with van der Waals surface area (Å²) in [5.74, 6) is -0.672. The lowest BCUT2D eigenvalue weighted by Gasteiger charge is -2.33. The molecule has 18 heavy (non-hydrogen) atoms. The van der Waals surface area contributed by atoms with Gasteiger partial charge in [0.05, 0.1) is 11.9 Å². The van der Waals surface area contributed by atoms with Gasteiger partial charge in [0.25, 0.3) is 0 Å². The molecule has 0 aromatic heterocycles. The molecule has 0 aromatic rings. The summed E-state index contributed by atoms with van der Waals surface area (Å²) in [6.45, 7) is 1.71. The van der Waals surface area contributed by atoms with Crippen LogP contribution >= 0.6 is 0 Å². The Morgan fingerprint density at radius 3 is 2.89 bits per heavy atom. The van der Waals surface area contributed by atoms with Crippen molar-refractivity contribution in [2.45, 2.75) is 25.0 Å². The molecule has 2 saturated heterocycles. The van der Waals surface area contributed by atoms with Gasteiger partial charge in [-0.15, -0.1) is 0 Å². The maximum absolute atomic E-state index is 12.3. The topological polar surface area (TPSA) is 102 Å². The quantitative estimate of drug-likeness (QED) is 0.635. The average Bonchev–Trinajstić information content (AvgIpc) is 2.81. The van der Waals surface area contributed by atoms with E-state index in [1.165, 1.54) is 4.31 Å². The minimum Gasteiger partial charge on any atom is -0.377 e. The number of nitrogens with one attached hydrogen (secondary N) is 1. The molecule has 0 aliphatic carbocycles. The second kappa shape index (κ2) is 5.52. The molecular formula is C10H19N3O4S. The van der Waals surface area contributed by atoms with E-state index in [9.17, 15) is 13.2 Å². The molecule has 2 heterocycles. The van der Waals surface area contributed by atoms with E-state index in [2.05, 4.69) is 5.32 Å². The van der Waals surface area contributed by atoms with Crippen LogP contribution in [-0.2, 0) is 19.6 Å². The molecule has 2 unspecified atom stereocenters. The zero-order valence-corrected chi connectivity index (χ0v) is 11.0. The van der Waals surface area contributed by atoms with E-state index in [-0.39, 0.29) is 24.9 Å². The summed E-state index contributed by atoms with van der Waals surface area (Å²) in [7, 11) is -3.49. The summed E-state index contributed by atoms with van der Waals surface area (Å²) in [5, 5.41) is 2.97. The molecule has 104 valence electrons. The maximum Gasteiger partial charge on any atom is 0.237 e. The van der Waals surface area contributed by atoms with Crippen LogP contribution in [0.2, 0.25) is 0 Å². The van der Waals surface area contributed by atoms with Crippen molar-refractivity contribution >= 4 is 15.9 Å². The monoisotopic (exact) mass is 277 g/mol. The van der Waals surface area contributed by atoms with E-state index in [1.54, 1.807) is 0 Å². The first-order valence-corrected chi connectivity index (χ1v) is 7.73. The van der Waals surface area contributed by atoms with Crippen molar-refractivity contribution in [1.82, 2.24) is 9.62 Å². The maximum atomic E-state index is 12.3. The summed E-state index contributed by atoms with van der Waals surface area (Å²) in [5.41, 5.74) is 5.25. The van der Waals surface area contributed by atoms with Crippen LogP contribution in [0.25, 0.3) is 0 Å². The molecule has 0 aromatic carbocycles. The number of carbonyl (C=O) groups excluding carboxylic acids is 1. The molecule has 2 rings (SSSR count). The highest BCUT2D eigenvalue weighted by atomic mass is 32.2. The Morgan fingerprint density at radius 2 is 2.28 bits per heavy atom. The van der Waals surface area contributed by atoms with Crippen molar-refractivity contribution in [3.8, 4) is 0 Å². The van der Waals surface area contributed by atoms with Crippen molar-refractivity contribution in [3.05, 3.63) is 0 Å². The van der Waals surface area contributed by atoms with E-state index in [1.807, 2.05) is 0 Å². The number of carbonyl (C=O) groups is 1. The molecule has 2 aliphatic rings. The van der Waals surface area contributed by atoms with Gasteiger partial charge in [0, 0.05) is 26.2 Å². The van der Waals surface area contributed by atoms with Gasteiger partial charge in [-0.3, -0.25) is 4.79 Å². The molecule has 0 spiro atoms. The summed E-state index contributed by atoms with van der Waals surface area (Å²) < 4.78 is 31.1. The van der Waals surface area contributed by atoms with Gasteiger partial charge in [-0.05, 0) is 12.8 Å². The van der Waals surface area contributed by atoms with Crippen LogP contribution in [0, 0.1) is 0 Å². The van der Waals surface area contributed by atoms with E-state index in [4.69, 9.17) is 10.5 Å². The first-order valence-electron chi connectivity index (χ1n) is 6.12. The summed E-state index contributed by atoms with van der Waals surface area (Å²) in [6.07, 6.45) is 1.39. The second-order valence-electron chi connectivity index (χ2n) is 4.65. The highest BCUT2D eigenvalue weighted by molar-refractivity contribution is 7.89. The van der Waals surface area contributed by atoms with E-state index in [0.717, 1.165) is 12.8 Å². The molecule has 7 nitrogen and oxygen atoms in total. The molecule has 3 N–H and O–H groups in total. The molecule has 0 bridgehead atoms. The molecule has 0 radical (unpaired) electrons. The van der Waals surface area contributed by atoms with Crippen molar-refractivity contribution in [1.29, 1.82) is 0 Å². The van der Waals surface area contributed by atoms with Crippen LogP contribution in [0.4, 0.5) is 0 Å². The highest BCUT2D eigenvalue weighted by Crippen LogP contribution is 2.18. The van der Waals surface area contributed by atoms with Gasteiger partial charge in [-0.1, -0.05) is 0 Å². The highest BCUT2D eigenvalue weighted by Gasteiger charge is 2.37. The molecule has 8 heteroatoms. The molecule has 0 saturated carbocycles. The molecule has 2 atom stereocenters. The molecule has 1 amide bonds. The van der Waals surface area contributed by atoms with Crippen LogP contribution in [0.1, 0.15) is 12.8 Å². The number of rotatable bonds is 4. The lowest BCUT2D eigenvalue weighted by molar-refractivity contribution is -0.122. The van der Waals surface area contributed by atoms with E-state index >= 15 is 0 Å². The summed E-state index contributed by atoms with van der Waals surface area (Å²) >= 11 is 0. The van der Waals surface area contributed by atoms with Crippen molar-refractivity contribution in [2.75, 3.05) is 32.0 Å².